The van der Waals surface area contributed by atoms with Gasteiger partial charge in [0.2, 0.25) is 6.41 Å². The predicted molar refractivity (Wildman–Crippen MR) is 71.1 cm³/mol. The number of aromatic nitrogens is 1. The molecule has 0 spiro atoms. The van der Waals surface area contributed by atoms with Crippen LogP contribution >= 0.6 is 9.24 Å². The molecular weight excluding hydrogens is 235 g/mol. The molecule has 86 valence electrons. The van der Waals surface area contributed by atoms with Gasteiger partial charge in [0.05, 0.1) is 0 Å². The Balaban J connectivity index is 2.48. The number of benzene rings is 1. The Bertz CT molecular complexity index is 607. The van der Waals surface area contributed by atoms with Gasteiger partial charge in [-0.1, -0.05) is 6.07 Å². The number of rotatable bonds is 3. The molecule has 1 atom stereocenters. The lowest BCUT2D eigenvalue weighted by Crippen LogP contribution is -2.17. The second kappa shape index (κ2) is 4.93. The van der Waals surface area contributed by atoms with Gasteiger partial charge in [-0.15, -0.1) is 9.24 Å². The molecule has 1 heterocycles. The maximum Gasteiger partial charge on any atom is 0.255 e. The van der Waals surface area contributed by atoms with E-state index in [1.165, 1.54) is 10.6 Å². The Morgan fingerprint density at radius 1 is 1.24 bits per heavy atom. The predicted octanol–water partition coefficient (Wildman–Crippen LogP) is 0.906. The summed E-state index contributed by atoms with van der Waals surface area (Å²) in [4.78, 5) is 22.0. The van der Waals surface area contributed by atoms with E-state index >= 15 is 0 Å². The van der Waals surface area contributed by atoms with Gasteiger partial charge in [-0.05, 0) is 29.6 Å². The van der Waals surface area contributed by atoms with E-state index in [1.807, 2.05) is 6.07 Å². The molecule has 2 rings (SSSR count). The third-order valence-corrected chi connectivity index (χ3v) is 2.83. The van der Waals surface area contributed by atoms with Gasteiger partial charge in [0.25, 0.3) is 5.56 Å². The minimum atomic E-state index is -0.0898. The molecule has 1 amide bonds. The van der Waals surface area contributed by atoms with E-state index in [0.717, 1.165) is 11.0 Å². The number of nitrogens with one attached hydrogen (secondary N) is 1. The van der Waals surface area contributed by atoms with Gasteiger partial charge in [-0.3, -0.25) is 14.2 Å². The normalized spacial score (nSPS) is 9.94. The summed E-state index contributed by atoms with van der Waals surface area (Å²) in [6.07, 6.45) is 2.33. The van der Waals surface area contributed by atoms with Crippen molar-refractivity contribution in [3.05, 3.63) is 52.9 Å². The van der Waals surface area contributed by atoms with Crippen LogP contribution in [0.2, 0.25) is 0 Å². The summed E-state index contributed by atoms with van der Waals surface area (Å²) in [5.74, 6) is 0. The molecule has 1 aromatic heterocycles. The monoisotopic (exact) mass is 246 g/mol. The molecule has 5 heteroatoms. The molecule has 0 saturated heterocycles. The van der Waals surface area contributed by atoms with Crippen LogP contribution in [-0.2, 0) is 4.79 Å². The molecular formula is C12H11N2O2P. The Kier molecular flexibility index (Phi) is 3.35. The first-order valence-corrected chi connectivity index (χ1v) is 5.58. The van der Waals surface area contributed by atoms with Crippen LogP contribution in [0.15, 0.2) is 47.4 Å². The van der Waals surface area contributed by atoms with Crippen LogP contribution in [0, 0.1) is 0 Å². The van der Waals surface area contributed by atoms with Crippen molar-refractivity contribution in [2.75, 3.05) is 5.32 Å². The molecule has 2 aromatic rings. The lowest BCUT2D eigenvalue weighted by molar-refractivity contribution is -0.105. The highest BCUT2D eigenvalue weighted by atomic mass is 31.0. The molecule has 0 saturated carbocycles. The summed E-state index contributed by atoms with van der Waals surface area (Å²) in [6, 6.07) is 10.3. The van der Waals surface area contributed by atoms with E-state index in [1.54, 1.807) is 30.5 Å². The lowest BCUT2D eigenvalue weighted by atomic mass is 10.2. The van der Waals surface area contributed by atoms with Crippen molar-refractivity contribution in [3.8, 4) is 5.69 Å². The van der Waals surface area contributed by atoms with E-state index in [0.29, 0.717) is 12.1 Å². The van der Waals surface area contributed by atoms with Crippen LogP contribution in [0.25, 0.3) is 5.69 Å². The highest BCUT2D eigenvalue weighted by Gasteiger charge is 2.02. The quantitative estimate of drug-likeness (QED) is 0.646. The summed E-state index contributed by atoms with van der Waals surface area (Å²) >= 11 is 0. The summed E-state index contributed by atoms with van der Waals surface area (Å²) in [5, 5.41) is 3.40. The standard InChI is InChI=1S/C12H11N2O2P/c15-8-13-10-5-4-9(7-11(10)17)14-6-2-1-3-12(14)16/h1-8H,17H2,(H,13,15). The van der Waals surface area contributed by atoms with Gasteiger partial charge < -0.3 is 5.32 Å². The fraction of sp³-hybridized carbons (Fsp3) is 0. The van der Waals surface area contributed by atoms with Crippen LogP contribution in [0.3, 0.4) is 0 Å². The van der Waals surface area contributed by atoms with Crippen LogP contribution in [0.4, 0.5) is 5.69 Å². The first-order chi connectivity index (χ1) is 8.22. The van der Waals surface area contributed by atoms with E-state index in [4.69, 9.17) is 0 Å². The SMILES string of the molecule is O=CNc1ccc(-n2ccccc2=O)cc1P. The van der Waals surface area contributed by atoms with Gasteiger partial charge in [0.1, 0.15) is 0 Å². The Labute approximate surface area is 100 Å². The number of carbonyl (C=O) groups is 1. The Morgan fingerprint density at radius 3 is 2.71 bits per heavy atom. The van der Waals surface area contributed by atoms with Crippen LogP contribution in [0.1, 0.15) is 0 Å². The molecule has 0 bridgehead atoms. The van der Waals surface area contributed by atoms with Gasteiger partial charge >= 0.3 is 0 Å². The minimum absolute atomic E-state index is 0.0898. The van der Waals surface area contributed by atoms with Gasteiger partial charge in [0.15, 0.2) is 0 Å². The number of carbonyl (C=O) groups excluding carboxylic acids is 1. The van der Waals surface area contributed by atoms with E-state index in [9.17, 15) is 9.59 Å². The zero-order valence-corrected chi connectivity index (χ0v) is 10.1. The minimum Gasteiger partial charge on any atom is -0.328 e. The summed E-state index contributed by atoms with van der Waals surface area (Å²) in [6.45, 7) is 0. The first-order valence-electron chi connectivity index (χ1n) is 5.00. The van der Waals surface area contributed by atoms with Crippen molar-refractivity contribution in [1.29, 1.82) is 0 Å². The average Bonchev–Trinajstić information content (AvgIpc) is 2.33. The number of anilines is 1. The molecule has 0 fully saturated rings. The Hall–Kier alpha value is -1.93. The summed E-state index contributed by atoms with van der Waals surface area (Å²) < 4.78 is 1.54. The van der Waals surface area contributed by atoms with Crippen LogP contribution in [-0.4, -0.2) is 11.0 Å². The maximum atomic E-state index is 11.6. The van der Waals surface area contributed by atoms with Crippen LogP contribution in [0.5, 0.6) is 0 Å². The summed E-state index contributed by atoms with van der Waals surface area (Å²) in [7, 11) is 2.52. The van der Waals surface area contributed by atoms with Crippen molar-refractivity contribution in [2.24, 2.45) is 0 Å². The molecule has 0 aliphatic heterocycles. The third kappa shape index (κ3) is 2.43. The second-order valence-corrected chi connectivity index (χ2v) is 4.06. The highest BCUT2D eigenvalue weighted by Crippen LogP contribution is 2.12. The molecule has 0 radical (unpaired) electrons. The molecule has 1 unspecified atom stereocenters. The summed E-state index contributed by atoms with van der Waals surface area (Å²) in [5.41, 5.74) is 1.38. The van der Waals surface area contributed by atoms with Crippen molar-refractivity contribution < 1.29 is 4.79 Å². The number of hydrogen-bond donors (Lipinski definition) is 1. The van der Waals surface area contributed by atoms with E-state index in [2.05, 4.69) is 14.6 Å². The first kappa shape index (κ1) is 11.6. The van der Waals surface area contributed by atoms with E-state index in [-0.39, 0.29) is 5.56 Å². The molecule has 4 nitrogen and oxygen atoms in total. The molecule has 0 aliphatic carbocycles. The van der Waals surface area contributed by atoms with Crippen molar-refractivity contribution in [1.82, 2.24) is 4.57 Å². The van der Waals surface area contributed by atoms with Crippen molar-refractivity contribution in [2.45, 2.75) is 0 Å². The smallest absolute Gasteiger partial charge is 0.255 e. The number of pyridine rings is 1. The fourth-order valence-corrected chi connectivity index (χ4v) is 1.89. The average molecular weight is 246 g/mol. The zero-order chi connectivity index (χ0) is 12.3. The topological polar surface area (TPSA) is 51.1 Å². The maximum absolute atomic E-state index is 11.6. The lowest BCUT2D eigenvalue weighted by Gasteiger charge is -2.08. The fourth-order valence-electron chi connectivity index (χ4n) is 1.54. The number of nitrogens with zero attached hydrogens (tertiary/aromatic N) is 1. The largest absolute Gasteiger partial charge is 0.328 e. The van der Waals surface area contributed by atoms with E-state index < -0.39 is 0 Å². The molecule has 1 aromatic carbocycles. The number of amides is 1. The zero-order valence-electron chi connectivity index (χ0n) is 8.96. The van der Waals surface area contributed by atoms with Gasteiger partial charge in [0, 0.05) is 23.6 Å². The molecule has 17 heavy (non-hydrogen) atoms. The van der Waals surface area contributed by atoms with Crippen molar-refractivity contribution >= 4 is 26.6 Å². The third-order valence-electron chi connectivity index (χ3n) is 2.35. The Morgan fingerprint density at radius 2 is 2.06 bits per heavy atom. The molecule has 0 aliphatic rings. The van der Waals surface area contributed by atoms with Gasteiger partial charge in [-0.2, -0.15) is 0 Å². The highest BCUT2D eigenvalue weighted by molar-refractivity contribution is 7.28. The number of hydrogen-bond acceptors (Lipinski definition) is 2. The van der Waals surface area contributed by atoms with Crippen LogP contribution < -0.4 is 16.2 Å². The molecule has 1 N–H and O–H groups in total. The van der Waals surface area contributed by atoms with Crippen molar-refractivity contribution in [3.63, 3.8) is 0 Å². The second-order valence-electron chi connectivity index (χ2n) is 3.44. The van der Waals surface area contributed by atoms with Gasteiger partial charge in [-0.25, -0.2) is 0 Å².